The number of thiol groups is 1. The average Bonchev–Trinajstić information content (AvgIpc) is 3.11. The number of anilines is 1. The number of urea groups is 1. The van der Waals surface area contributed by atoms with E-state index in [4.69, 9.17) is 9.15 Å². The highest BCUT2D eigenvalue weighted by molar-refractivity contribution is 7.82. The van der Waals surface area contributed by atoms with E-state index >= 15 is 0 Å². The lowest BCUT2D eigenvalue weighted by Crippen LogP contribution is -2.34. The summed E-state index contributed by atoms with van der Waals surface area (Å²) in [6, 6.07) is 4.35. The third-order valence-electron chi connectivity index (χ3n) is 3.77. The van der Waals surface area contributed by atoms with Crippen LogP contribution in [0.25, 0.3) is 22.6 Å². The zero-order valence-electron chi connectivity index (χ0n) is 15.2. The largest absolute Gasteiger partial charge is 0.465 e. The van der Waals surface area contributed by atoms with Crippen molar-refractivity contribution in [2.24, 2.45) is 0 Å². The zero-order valence-corrected chi connectivity index (χ0v) is 16.1. The number of carbonyl (C=O) groups is 2. The SMILES string of the molecule is C=CCNC(=O)N(S)c1ccc2ncc(-c3cc(C(=O)OC)c(C)o3)nc2n1. The lowest BCUT2D eigenvalue weighted by atomic mass is 10.2. The number of nitrogens with one attached hydrogen (secondary N) is 1. The summed E-state index contributed by atoms with van der Waals surface area (Å²) in [6.07, 6.45) is 3.07. The Balaban J connectivity index is 1.95. The predicted molar refractivity (Wildman–Crippen MR) is 106 cm³/mol. The summed E-state index contributed by atoms with van der Waals surface area (Å²) in [5.74, 6) is 0.532. The van der Waals surface area contributed by atoms with Gasteiger partial charge in [0, 0.05) is 12.6 Å². The van der Waals surface area contributed by atoms with E-state index in [9.17, 15) is 9.59 Å². The minimum atomic E-state index is -0.502. The number of pyridine rings is 1. The molecular weight excluding hydrogens is 382 g/mol. The molecule has 0 unspecified atom stereocenters. The van der Waals surface area contributed by atoms with E-state index in [2.05, 4.69) is 39.7 Å². The minimum Gasteiger partial charge on any atom is -0.465 e. The Hall–Kier alpha value is -3.40. The van der Waals surface area contributed by atoms with E-state index in [0.29, 0.717) is 40.5 Å². The monoisotopic (exact) mass is 399 g/mol. The first-order chi connectivity index (χ1) is 13.4. The van der Waals surface area contributed by atoms with Gasteiger partial charge in [-0.25, -0.2) is 23.9 Å². The van der Waals surface area contributed by atoms with E-state index in [1.165, 1.54) is 19.4 Å². The van der Waals surface area contributed by atoms with E-state index in [0.717, 1.165) is 4.31 Å². The molecule has 10 heteroatoms. The van der Waals surface area contributed by atoms with Gasteiger partial charge in [0.15, 0.2) is 11.4 Å². The van der Waals surface area contributed by atoms with Crippen molar-refractivity contribution in [1.29, 1.82) is 0 Å². The van der Waals surface area contributed by atoms with Crippen LogP contribution in [0.2, 0.25) is 0 Å². The van der Waals surface area contributed by atoms with Crippen LogP contribution in [0.3, 0.4) is 0 Å². The molecule has 0 saturated heterocycles. The Morgan fingerprint density at radius 2 is 2.18 bits per heavy atom. The molecule has 144 valence electrons. The van der Waals surface area contributed by atoms with E-state index < -0.39 is 12.0 Å². The van der Waals surface area contributed by atoms with E-state index in [1.807, 2.05) is 0 Å². The fraction of sp³-hybridized carbons (Fsp3) is 0.167. The molecule has 28 heavy (non-hydrogen) atoms. The van der Waals surface area contributed by atoms with Crippen molar-refractivity contribution in [3.8, 4) is 11.5 Å². The third kappa shape index (κ3) is 3.81. The van der Waals surface area contributed by atoms with Gasteiger partial charge in [-0.15, -0.1) is 6.58 Å². The van der Waals surface area contributed by atoms with Crippen LogP contribution in [0.4, 0.5) is 10.6 Å². The van der Waals surface area contributed by atoms with Gasteiger partial charge in [-0.2, -0.15) is 0 Å². The molecule has 1 N–H and O–H groups in total. The summed E-state index contributed by atoms with van der Waals surface area (Å²) >= 11 is 4.17. The second kappa shape index (κ2) is 8.09. The third-order valence-corrected chi connectivity index (χ3v) is 4.16. The first kappa shape index (κ1) is 19.4. The van der Waals surface area contributed by atoms with E-state index in [-0.39, 0.29) is 5.82 Å². The number of amides is 2. The fourth-order valence-corrected chi connectivity index (χ4v) is 2.57. The van der Waals surface area contributed by atoms with Gasteiger partial charge in [0.25, 0.3) is 0 Å². The first-order valence-corrected chi connectivity index (χ1v) is 8.55. The van der Waals surface area contributed by atoms with Crippen LogP contribution in [-0.2, 0) is 4.74 Å². The molecule has 2 amide bonds. The number of aryl methyl sites for hydroxylation is 1. The second-order valence-corrected chi connectivity index (χ2v) is 6.03. The molecule has 9 nitrogen and oxygen atoms in total. The summed E-state index contributed by atoms with van der Waals surface area (Å²) < 4.78 is 11.4. The molecule has 3 heterocycles. The average molecular weight is 399 g/mol. The maximum Gasteiger partial charge on any atom is 0.341 e. The summed E-state index contributed by atoms with van der Waals surface area (Å²) in [4.78, 5) is 36.8. The number of methoxy groups -OCH3 is 1. The molecule has 0 aromatic carbocycles. The Labute approximate surface area is 166 Å². The summed E-state index contributed by atoms with van der Waals surface area (Å²) in [5, 5.41) is 2.60. The highest BCUT2D eigenvalue weighted by Crippen LogP contribution is 2.26. The van der Waals surface area contributed by atoms with Crippen molar-refractivity contribution in [3.05, 3.63) is 48.4 Å². The van der Waals surface area contributed by atoms with Gasteiger partial charge in [0.05, 0.1) is 13.3 Å². The molecule has 0 fully saturated rings. The number of hydrogen-bond donors (Lipinski definition) is 2. The summed E-state index contributed by atoms with van der Waals surface area (Å²) in [5.41, 5.74) is 1.51. The minimum absolute atomic E-state index is 0.273. The van der Waals surface area contributed by atoms with Crippen molar-refractivity contribution in [2.45, 2.75) is 6.92 Å². The molecule has 3 rings (SSSR count). The van der Waals surface area contributed by atoms with Gasteiger partial charge < -0.3 is 14.5 Å². The molecule has 0 aliphatic heterocycles. The number of esters is 1. The van der Waals surface area contributed by atoms with Crippen molar-refractivity contribution in [2.75, 3.05) is 18.0 Å². The Morgan fingerprint density at radius 3 is 2.89 bits per heavy atom. The van der Waals surface area contributed by atoms with Crippen LogP contribution >= 0.6 is 12.8 Å². The van der Waals surface area contributed by atoms with Crippen LogP contribution in [0.1, 0.15) is 16.1 Å². The number of aromatic nitrogens is 3. The predicted octanol–water partition coefficient (Wildman–Crippen LogP) is 2.93. The lowest BCUT2D eigenvalue weighted by molar-refractivity contribution is 0.0598. The van der Waals surface area contributed by atoms with Crippen LogP contribution in [0.15, 0.2) is 41.5 Å². The highest BCUT2D eigenvalue weighted by atomic mass is 32.1. The van der Waals surface area contributed by atoms with Gasteiger partial charge >= 0.3 is 12.0 Å². The van der Waals surface area contributed by atoms with Gasteiger partial charge in [0.2, 0.25) is 0 Å². The van der Waals surface area contributed by atoms with Crippen LogP contribution in [-0.4, -0.2) is 40.6 Å². The fourth-order valence-electron chi connectivity index (χ4n) is 2.38. The van der Waals surface area contributed by atoms with Crippen molar-refractivity contribution in [3.63, 3.8) is 0 Å². The topological polar surface area (TPSA) is 110 Å². The maximum absolute atomic E-state index is 12.0. The number of rotatable bonds is 5. The lowest BCUT2D eigenvalue weighted by Gasteiger charge is -2.15. The number of furan rings is 1. The number of hydrogen-bond acceptors (Lipinski definition) is 8. The first-order valence-electron chi connectivity index (χ1n) is 8.15. The number of carbonyl (C=O) groups excluding carboxylic acids is 2. The Morgan fingerprint density at radius 1 is 1.39 bits per heavy atom. The highest BCUT2D eigenvalue weighted by Gasteiger charge is 2.18. The summed E-state index contributed by atoms with van der Waals surface area (Å²) in [6.45, 7) is 5.49. The molecular formula is C18H17N5O4S. The Bertz CT molecular complexity index is 1070. The van der Waals surface area contributed by atoms with Crippen LogP contribution in [0.5, 0.6) is 0 Å². The van der Waals surface area contributed by atoms with Crippen LogP contribution < -0.4 is 9.62 Å². The van der Waals surface area contributed by atoms with Gasteiger partial charge in [-0.1, -0.05) is 18.9 Å². The van der Waals surface area contributed by atoms with Crippen molar-refractivity contribution < 1.29 is 18.7 Å². The normalized spacial score (nSPS) is 10.5. The van der Waals surface area contributed by atoms with Gasteiger partial charge in [-0.3, -0.25) is 4.98 Å². The molecule has 0 radical (unpaired) electrons. The quantitative estimate of drug-likeness (QED) is 0.385. The molecule has 0 bridgehead atoms. The van der Waals surface area contributed by atoms with Crippen LogP contribution in [0, 0.1) is 6.92 Å². The molecule has 0 aliphatic carbocycles. The van der Waals surface area contributed by atoms with Gasteiger partial charge in [-0.05, 0) is 19.1 Å². The van der Waals surface area contributed by atoms with E-state index in [1.54, 1.807) is 25.1 Å². The number of nitrogens with zero attached hydrogens (tertiary/aromatic N) is 4. The van der Waals surface area contributed by atoms with Crippen molar-refractivity contribution >= 4 is 41.8 Å². The number of fused-ring (bicyclic) bond motifs is 1. The number of ether oxygens (including phenoxy) is 1. The summed E-state index contributed by atoms with van der Waals surface area (Å²) in [7, 11) is 1.30. The standard InChI is InChI=1S/C18H17N5O4S/c1-4-7-19-18(25)23(28)15-6-5-12-16(22-15)21-13(9-20-12)14-8-11(10(2)27-14)17(24)26-3/h4-6,8-9,28H,1,7H2,2-3H3,(H,19,25). The molecule has 3 aromatic heterocycles. The molecule has 0 atom stereocenters. The molecule has 0 saturated carbocycles. The Kier molecular flexibility index (Phi) is 5.59. The van der Waals surface area contributed by atoms with Gasteiger partial charge in [0.1, 0.15) is 28.4 Å². The smallest absolute Gasteiger partial charge is 0.341 e. The van der Waals surface area contributed by atoms with Crippen molar-refractivity contribution in [1.82, 2.24) is 20.3 Å². The molecule has 0 aliphatic rings. The molecule has 0 spiro atoms. The maximum atomic E-state index is 12.0. The zero-order chi connectivity index (χ0) is 20.3. The second-order valence-electron chi connectivity index (χ2n) is 5.63. The molecule has 3 aromatic rings.